The van der Waals surface area contributed by atoms with Crippen LogP contribution in [0.2, 0.25) is 0 Å². The first-order valence-corrected chi connectivity index (χ1v) is 4.21. The lowest BCUT2D eigenvalue weighted by Crippen LogP contribution is -1.93. The van der Waals surface area contributed by atoms with Gasteiger partial charge in [-0.1, -0.05) is 17.7 Å². The Bertz CT molecular complexity index is 204. The molecule has 0 saturated carbocycles. The van der Waals surface area contributed by atoms with Gasteiger partial charge in [-0.25, -0.2) is 4.79 Å². The molecule has 0 heterocycles. The van der Waals surface area contributed by atoms with E-state index in [0.29, 0.717) is 0 Å². The molecule has 3 nitrogen and oxygen atoms in total. The first-order valence-electron chi connectivity index (χ1n) is 4.21. The van der Waals surface area contributed by atoms with Gasteiger partial charge in [-0.05, 0) is 19.8 Å². The molecule has 0 atom stereocenters. The van der Waals surface area contributed by atoms with E-state index in [9.17, 15) is 4.79 Å². The standard InChI is InChI=1S/C10H16O3/c1-9(7-8-11)5-3-4-6-10(12)13-2/h4,6-7,11H,3,5,8H2,1-2H3/b6-4+,9-7+. The number of hydrogen-bond acceptors (Lipinski definition) is 3. The molecule has 1 N–H and O–H groups in total. The van der Waals surface area contributed by atoms with Crippen molar-refractivity contribution in [1.82, 2.24) is 0 Å². The first kappa shape index (κ1) is 11.9. The Labute approximate surface area is 78.7 Å². The summed E-state index contributed by atoms with van der Waals surface area (Å²) in [7, 11) is 1.35. The average molecular weight is 184 g/mol. The molecule has 0 spiro atoms. The Morgan fingerprint density at radius 2 is 2.23 bits per heavy atom. The second kappa shape index (κ2) is 7.55. The molecule has 13 heavy (non-hydrogen) atoms. The van der Waals surface area contributed by atoms with Crippen LogP contribution in [0.25, 0.3) is 0 Å². The third-order valence-corrected chi connectivity index (χ3v) is 1.60. The van der Waals surface area contributed by atoms with Gasteiger partial charge in [-0.15, -0.1) is 0 Å². The van der Waals surface area contributed by atoms with Gasteiger partial charge in [0.05, 0.1) is 13.7 Å². The van der Waals surface area contributed by atoms with Gasteiger partial charge in [-0.3, -0.25) is 0 Å². The summed E-state index contributed by atoms with van der Waals surface area (Å²) in [6.07, 6.45) is 6.57. The van der Waals surface area contributed by atoms with E-state index in [2.05, 4.69) is 4.74 Å². The Kier molecular flexibility index (Phi) is 6.92. The Morgan fingerprint density at radius 1 is 1.54 bits per heavy atom. The van der Waals surface area contributed by atoms with Gasteiger partial charge in [0.1, 0.15) is 0 Å². The van der Waals surface area contributed by atoms with Gasteiger partial charge < -0.3 is 9.84 Å². The molecular formula is C10H16O3. The number of aliphatic hydroxyl groups is 1. The maximum Gasteiger partial charge on any atom is 0.330 e. The lowest BCUT2D eigenvalue weighted by molar-refractivity contribution is -0.134. The van der Waals surface area contributed by atoms with Crippen LogP contribution in [-0.4, -0.2) is 24.8 Å². The number of rotatable bonds is 5. The number of ether oxygens (including phenoxy) is 1. The molecule has 0 saturated heterocycles. The van der Waals surface area contributed by atoms with Crippen molar-refractivity contribution in [1.29, 1.82) is 0 Å². The van der Waals surface area contributed by atoms with E-state index in [0.717, 1.165) is 18.4 Å². The van der Waals surface area contributed by atoms with E-state index >= 15 is 0 Å². The molecule has 3 heteroatoms. The fourth-order valence-corrected chi connectivity index (χ4v) is 0.817. The highest BCUT2D eigenvalue weighted by atomic mass is 16.5. The van der Waals surface area contributed by atoms with Crippen molar-refractivity contribution in [3.05, 3.63) is 23.8 Å². The van der Waals surface area contributed by atoms with Crippen LogP contribution < -0.4 is 0 Å². The minimum Gasteiger partial charge on any atom is -0.466 e. The molecule has 0 aromatic heterocycles. The smallest absolute Gasteiger partial charge is 0.330 e. The molecule has 0 radical (unpaired) electrons. The second-order valence-corrected chi connectivity index (χ2v) is 2.70. The molecule has 0 aliphatic carbocycles. The van der Waals surface area contributed by atoms with Crippen LogP contribution in [0.5, 0.6) is 0 Å². The highest BCUT2D eigenvalue weighted by Gasteiger charge is 1.90. The zero-order chi connectivity index (χ0) is 10.1. The highest BCUT2D eigenvalue weighted by Crippen LogP contribution is 2.03. The summed E-state index contributed by atoms with van der Waals surface area (Å²) in [5.74, 6) is -0.330. The molecule has 0 aromatic rings. The topological polar surface area (TPSA) is 46.5 Å². The molecule has 0 unspecified atom stereocenters. The number of allylic oxidation sites excluding steroid dienone is 2. The summed E-state index contributed by atoms with van der Waals surface area (Å²) in [6, 6.07) is 0. The average Bonchev–Trinajstić information content (AvgIpc) is 2.12. The van der Waals surface area contributed by atoms with Gasteiger partial charge in [0.25, 0.3) is 0 Å². The quantitative estimate of drug-likeness (QED) is 0.399. The lowest BCUT2D eigenvalue weighted by Gasteiger charge is -1.95. The number of carbonyl (C=O) groups excluding carboxylic acids is 1. The number of hydrogen-bond donors (Lipinski definition) is 1. The monoisotopic (exact) mass is 184 g/mol. The summed E-state index contributed by atoms with van der Waals surface area (Å²) >= 11 is 0. The predicted molar refractivity (Wildman–Crippen MR) is 51.2 cm³/mol. The molecule has 0 aliphatic heterocycles. The number of methoxy groups -OCH3 is 1. The minimum absolute atomic E-state index is 0.0759. The van der Waals surface area contributed by atoms with Gasteiger partial charge in [-0.2, -0.15) is 0 Å². The highest BCUT2D eigenvalue weighted by molar-refractivity contribution is 5.81. The molecule has 0 aliphatic rings. The summed E-state index contributed by atoms with van der Waals surface area (Å²) in [4.78, 5) is 10.6. The summed E-state index contributed by atoms with van der Waals surface area (Å²) in [6.45, 7) is 2.02. The fourth-order valence-electron chi connectivity index (χ4n) is 0.817. The maximum atomic E-state index is 10.6. The van der Waals surface area contributed by atoms with E-state index in [-0.39, 0.29) is 12.6 Å². The third-order valence-electron chi connectivity index (χ3n) is 1.60. The molecule has 0 amide bonds. The fraction of sp³-hybridized carbons (Fsp3) is 0.500. The largest absolute Gasteiger partial charge is 0.466 e. The number of esters is 1. The molecule has 74 valence electrons. The van der Waals surface area contributed by atoms with Crippen molar-refractivity contribution in [3.63, 3.8) is 0 Å². The van der Waals surface area contributed by atoms with E-state index in [4.69, 9.17) is 5.11 Å². The van der Waals surface area contributed by atoms with Crippen molar-refractivity contribution < 1.29 is 14.6 Å². The molecule has 0 rings (SSSR count). The minimum atomic E-state index is -0.330. The van der Waals surface area contributed by atoms with Crippen molar-refractivity contribution >= 4 is 5.97 Å². The Morgan fingerprint density at radius 3 is 2.77 bits per heavy atom. The van der Waals surface area contributed by atoms with Crippen LogP contribution >= 0.6 is 0 Å². The van der Waals surface area contributed by atoms with Crippen molar-refractivity contribution in [2.75, 3.05) is 13.7 Å². The second-order valence-electron chi connectivity index (χ2n) is 2.70. The predicted octanol–water partition coefficient (Wildman–Crippen LogP) is 1.43. The van der Waals surface area contributed by atoms with Gasteiger partial charge in [0.15, 0.2) is 0 Å². The maximum absolute atomic E-state index is 10.6. The van der Waals surface area contributed by atoms with Gasteiger partial charge in [0.2, 0.25) is 0 Å². The van der Waals surface area contributed by atoms with E-state index in [1.807, 2.05) is 6.92 Å². The van der Waals surface area contributed by atoms with Crippen LogP contribution in [0.4, 0.5) is 0 Å². The summed E-state index contributed by atoms with van der Waals surface area (Å²) in [5.41, 5.74) is 1.12. The van der Waals surface area contributed by atoms with Crippen molar-refractivity contribution in [2.45, 2.75) is 19.8 Å². The SMILES string of the molecule is COC(=O)/C=C/CC/C(C)=C/CO. The van der Waals surface area contributed by atoms with E-state index < -0.39 is 0 Å². The van der Waals surface area contributed by atoms with Crippen LogP contribution in [0.3, 0.4) is 0 Å². The molecule has 0 aromatic carbocycles. The van der Waals surface area contributed by atoms with Crippen molar-refractivity contribution in [2.24, 2.45) is 0 Å². The lowest BCUT2D eigenvalue weighted by atomic mass is 10.1. The molecule has 0 bridgehead atoms. The molecular weight excluding hydrogens is 168 g/mol. The first-order chi connectivity index (χ1) is 6.20. The normalized spacial score (nSPS) is 12.1. The van der Waals surface area contributed by atoms with E-state index in [1.165, 1.54) is 13.2 Å². The zero-order valence-corrected chi connectivity index (χ0v) is 8.12. The van der Waals surface area contributed by atoms with Crippen LogP contribution in [0.15, 0.2) is 23.8 Å². The summed E-state index contributed by atoms with van der Waals surface area (Å²) in [5, 5.41) is 8.55. The summed E-state index contributed by atoms with van der Waals surface area (Å²) < 4.78 is 4.42. The van der Waals surface area contributed by atoms with Crippen molar-refractivity contribution in [3.8, 4) is 0 Å². The van der Waals surface area contributed by atoms with Crippen LogP contribution in [0.1, 0.15) is 19.8 Å². The Hall–Kier alpha value is -1.09. The Balaban J connectivity index is 3.61. The van der Waals surface area contributed by atoms with Gasteiger partial charge in [0, 0.05) is 6.08 Å². The molecule has 0 fully saturated rings. The number of carbonyl (C=O) groups is 1. The third kappa shape index (κ3) is 7.28. The zero-order valence-electron chi connectivity index (χ0n) is 8.12. The number of aliphatic hydroxyl groups excluding tert-OH is 1. The van der Waals surface area contributed by atoms with Crippen LogP contribution in [0, 0.1) is 0 Å². The van der Waals surface area contributed by atoms with Crippen LogP contribution in [-0.2, 0) is 9.53 Å². The van der Waals surface area contributed by atoms with E-state index in [1.54, 1.807) is 12.2 Å². The van der Waals surface area contributed by atoms with Gasteiger partial charge >= 0.3 is 5.97 Å².